The number of hydrogen-bond acceptors (Lipinski definition) is 1. The van der Waals surface area contributed by atoms with Crippen molar-refractivity contribution in [3.8, 4) is 0 Å². The highest BCUT2D eigenvalue weighted by atomic mass is 79.9. The van der Waals surface area contributed by atoms with Crippen LogP contribution in [0.25, 0.3) is 10.1 Å². The average Bonchev–Trinajstić information content (AvgIpc) is 2.53. The van der Waals surface area contributed by atoms with Gasteiger partial charge in [0.25, 0.3) is 0 Å². The smallest absolute Gasteiger partial charge is 0.0500 e. The van der Waals surface area contributed by atoms with Crippen LogP contribution in [0, 0.1) is 0 Å². The van der Waals surface area contributed by atoms with E-state index in [0.29, 0.717) is 5.88 Å². The first kappa shape index (κ1) is 9.78. The van der Waals surface area contributed by atoms with Crippen LogP contribution in [0.5, 0.6) is 0 Å². The predicted octanol–water partition coefficient (Wildman–Crippen LogP) is 5.06. The van der Waals surface area contributed by atoms with Gasteiger partial charge in [-0.1, -0.05) is 11.6 Å². The minimum absolute atomic E-state index is 0.438. The SMILES string of the molecule is ClCc1c(Cl)cc2ccsc2c1Br. The molecule has 1 aromatic heterocycles. The zero-order chi connectivity index (χ0) is 9.42. The van der Waals surface area contributed by atoms with E-state index >= 15 is 0 Å². The number of halogens is 3. The van der Waals surface area contributed by atoms with Crippen molar-refractivity contribution >= 4 is 60.6 Å². The Balaban J connectivity index is 2.85. The summed E-state index contributed by atoms with van der Waals surface area (Å²) in [5, 5.41) is 3.94. The molecule has 0 amide bonds. The van der Waals surface area contributed by atoms with Gasteiger partial charge in [0, 0.05) is 19.8 Å². The van der Waals surface area contributed by atoms with Gasteiger partial charge in [0.05, 0.1) is 5.88 Å². The molecule has 0 atom stereocenters. The lowest BCUT2D eigenvalue weighted by Gasteiger charge is -2.04. The monoisotopic (exact) mass is 294 g/mol. The summed E-state index contributed by atoms with van der Waals surface area (Å²) in [6, 6.07) is 4.00. The molecule has 0 aliphatic rings. The lowest BCUT2D eigenvalue weighted by molar-refractivity contribution is 1.40. The predicted molar refractivity (Wildman–Crippen MR) is 64.1 cm³/mol. The molecule has 4 heteroatoms. The molecule has 68 valence electrons. The molecule has 0 nitrogen and oxygen atoms in total. The van der Waals surface area contributed by atoms with Crippen LogP contribution in [0.1, 0.15) is 5.56 Å². The second kappa shape index (κ2) is 3.77. The van der Waals surface area contributed by atoms with Crippen LogP contribution in [-0.2, 0) is 5.88 Å². The van der Waals surface area contributed by atoms with Gasteiger partial charge in [0.2, 0.25) is 0 Å². The normalized spacial score (nSPS) is 11.0. The molecular weight excluding hydrogens is 291 g/mol. The minimum atomic E-state index is 0.438. The molecule has 2 aromatic rings. The van der Waals surface area contributed by atoms with Crippen molar-refractivity contribution in [1.29, 1.82) is 0 Å². The fraction of sp³-hybridized carbons (Fsp3) is 0.111. The highest BCUT2D eigenvalue weighted by molar-refractivity contribution is 9.10. The van der Waals surface area contributed by atoms with E-state index in [1.807, 2.05) is 11.4 Å². The summed E-state index contributed by atoms with van der Waals surface area (Å²) in [5.41, 5.74) is 0.971. The van der Waals surface area contributed by atoms with Crippen LogP contribution in [0.15, 0.2) is 22.0 Å². The van der Waals surface area contributed by atoms with Crippen molar-refractivity contribution in [3.05, 3.63) is 32.6 Å². The van der Waals surface area contributed by atoms with Gasteiger partial charge in [-0.3, -0.25) is 0 Å². The number of rotatable bonds is 1. The number of fused-ring (bicyclic) bond motifs is 1. The molecule has 0 saturated heterocycles. The molecule has 1 aromatic carbocycles. The van der Waals surface area contributed by atoms with Gasteiger partial charge in [-0.05, 0) is 38.8 Å². The Morgan fingerprint density at radius 1 is 1.46 bits per heavy atom. The molecule has 0 spiro atoms. The molecule has 1 heterocycles. The van der Waals surface area contributed by atoms with E-state index < -0.39 is 0 Å². The Morgan fingerprint density at radius 3 is 2.92 bits per heavy atom. The van der Waals surface area contributed by atoms with Gasteiger partial charge in [-0.15, -0.1) is 22.9 Å². The molecular formula is C9H5BrCl2S. The summed E-state index contributed by atoms with van der Waals surface area (Å²) in [5.74, 6) is 0.438. The lowest BCUT2D eigenvalue weighted by Crippen LogP contribution is -1.82. The summed E-state index contributed by atoms with van der Waals surface area (Å²) < 4.78 is 2.24. The highest BCUT2D eigenvalue weighted by Crippen LogP contribution is 2.37. The van der Waals surface area contributed by atoms with E-state index in [9.17, 15) is 0 Å². The Labute approximate surface area is 98.6 Å². The molecule has 2 rings (SSSR count). The van der Waals surface area contributed by atoms with Crippen LogP contribution in [0.3, 0.4) is 0 Å². The van der Waals surface area contributed by atoms with Crippen LogP contribution in [0.2, 0.25) is 5.02 Å². The summed E-state index contributed by atoms with van der Waals surface area (Å²) in [6.45, 7) is 0. The molecule has 0 N–H and O–H groups in total. The maximum Gasteiger partial charge on any atom is 0.0500 e. The quantitative estimate of drug-likeness (QED) is 0.645. The second-order valence-corrected chi connectivity index (χ2v) is 5.01. The third kappa shape index (κ3) is 1.61. The van der Waals surface area contributed by atoms with Crippen LogP contribution in [-0.4, -0.2) is 0 Å². The third-order valence-electron chi connectivity index (χ3n) is 1.86. The number of benzene rings is 1. The van der Waals surface area contributed by atoms with Crippen LogP contribution >= 0.6 is 50.5 Å². The first-order valence-corrected chi connectivity index (χ1v) is 6.22. The van der Waals surface area contributed by atoms with E-state index in [1.54, 1.807) is 11.3 Å². The maximum atomic E-state index is 6.06. The minimum Gasteiger partial charge on any atom is -0.143 e. The molecule has 13 heavy (non-hydrogen) atoms. The zero-order valence-electron chi connectivity index (χ0n) is 6.48. The van der Waals surface area contributed by atoms with E-state index in [0.717, 1.165) is 20.4 Å². The Kier molecular flexibility index (Phi) is 2.84. The van der Waals surface area contributed by atoms with Gasteiger partial charge in [0.1, 0.15) is 0 Å². The largest absolute Gasteiger partial charge is 0.143 e. The summed E-state index contributed by atoms with van der Waals surface area (Å²) >= 11 is 17.1. The molecule has 0 unspecified atom stereocenters. The van der Waals surface area contributed by atoms with Crippen molar-refractivity contribution in [2.24, 2.45) is 0 Å². The number of alkyl halides is 1. The number of thiophene rings is 1. The van der Waals surface area contributed by atoms with Gasteiger partial charge in [0.15, 0.2) is 0 Å². The first-order chi connectivity index (χ1) is 6.24. The van der Waals surface area contributed by atoms with Crippen molar-refractivity contribution in [3.63, 3.8) is 0 Å². The molecule has 0 aliphatic heterocycles. The van der Waals surface area contributed by atoms with E-state index in [1.165, 1.54) is 4.70 Å². The van der Waals surface area contributed by atoms with Gasteiger partial charge in [-0.25, -0.2) is 0 Å². The van der Waals surface area contributed by atoms with E-state index in [4.69, 9.17) is 23.2 Å². The lowest BCUT2D eigenvalue weighted by atomic mass is 10.2. The van der Waals surface area contributed by atoms with E-state index in [2.05, 4.69) is 22.0 Å². The average molecular weight is 296 g/mol. The topological polar surface area (TPSA) is 0 Å². The first-order valence-electron chi connectivity index (χ1n) is 3.64. The van der Waals surface area contributed by atoms with Gasteiger partial charge < -0.3 is 0 Å². The summed E-state index contributed by atoms with van der Waals surface area (Å²) in [7, 11) is 0. The summed E-state index contributed by atoms with van der Waals surface area (Å²) in [4.78, 5) is 0. The maximum absolute atomic E-state index is 6.06. The summed E-state index contributed by atoms with van der Waals surface area (Å²) in [6.07, 6.45) is 0. The van der Waals surface area contributed by atoms with Crippen molar-refractivity contribution in [2.45, 2.75) is 5.88 Å². The Morgan fingerprint density at radius 2 is 2.23 bits per heavy atom. The highest BCUT2D eigenvalue weighted by Gasteiger charge is 2.09. The standard InChI is InChI=1S/C9H5BrCl2S/c10-8-6(4-11)7(12)3-5-1-2-13-9(5)8/h1-3H,4H2. The van der Waals surface area contributed by atoms with Crippen LogP contribution in [0.4, 0.5) is 0 Å². The van der Waals surface area contributed by atoms with Crippen molar-refractivity contribution in [2.75, 3.05) is 0 Å². The third-order valence-corrected chi connectivity index (χ3v) is 4.55. The zero-order valence-corrected chi connectivity index (χ0v) is 10.4. The fourth-order valence-electron chi connectivity index (χ4n) is 1.20. The molecule has 0 saturated carbocycles. The molecule has 0 bridgehead atoms. The van der Waals surface area contributed by atoms with Crippen molar-refractivity contribution < 1.29 is 0 Å². The second-order valence-electron chi connectivity index (χ2n) is 2.62. The van der Waals surface area contributed by atoms with Crippen LogP contribution < -0.4 is 0 Å². The Bertz CT molecular complexity index is 450. The molecule has 0 radical (unpaired) electrons. The Hall–Kier alpha value is 0.240. The number of hydrogen-bond donors (Lipinski definition) is 0. The van der Waals surface area contributed by atoms with Crippen molar-refractivity contribution in [1.82, 2.24) is 0 Å². The molecule has 0 aliphatic carbocycles. The van der Waals surface area contributed by atoms with E-state index in [-0.39, 0.29) is 0 Å². The fourth-order valence-corrected chi connectivity index (χ4v) is 3.80. The van der Waals surface area contributed by atoms with Gasteiger partial charge in [-0.2, -0.15) is 0 Å². The molecule has 0 fully saturated rings. The van der Waals surface area contributed by atoms with Gasteiger partial charge >= 0.3 is 0 Å².